The van der Waals surface area contributed by atoms with Crippen molar-refractivity contribution in [3.63, 3.8) is 0 Å². The fourth-order valence-electron chi connectivity index (χ4n) is 1.79. The van der Waals surface area contributed by atoms with Crippen LogP contribution in [0.1, 0.15) is 30.9 Å². The van der Waals surface area contributed by atoms with Crippen LogP contribution < -0.4 is 0 Å². The van der Waals surface area contributed by atoms with Gasteiger partial charge in [0, 0.05) is 6.07 Å². The quantitative estimate of drug-likeness (QED) is 0.361. The van der Waals surface area contributed by atoms with Crippen LogP contribution in [0.25, 0.3) is 0 Å². The molecule has 0 amide bonds. The summed E-state index contributed by atoms with van der Waals surface area (Å²) >= 11 is 0. The van der Waals surface area contributed by atoms with Crippen LogP contribution in [-0.2, 0) is 26.0 Å². The number of carbonyl (C=O) groups excluding carboxylic acids is 1. The first-order valence-electron chi connectivity index (χ1n) is 6.25. The van der Waals surface area contributed by atoms with Gasteiger partial charge in [0.1, 0.15) is 10.7 Å². The summed E-state index contributed by atoms with van der Waals surface area (Å²) in [6.45, 7) is 3.18. The summed E-state index contributed by atoms with van der Waals surface area (Å²) in [6.07, 6.45) is -0.467. The van der Waals surface area contributed by atoms with Gasteiger partial charge in [0.25, 0.3) is 5.69 Å². The van der Waals surface area contributed by atoms with E-state index in [1.807, 2.05) is 0 Å². The molecule has 1 aromatic rings. The first kappa shape index (κ1) is 17.6. The third kappa shape index (κ3) is 4.53. The van der Waals surface area contributed by atoms with Gasteiger partial charge in [-0.1, -0.05) is 6.07 Å². The fourth-order valence-corrected chi connectivity index (χ4v) is 2.28. The van der Waals surface area contributed by atoms with E-state index < -0.39 is 39.3 Å². The number of rotatable bonds is 6. The zero-order valence-corrected chi connectivity index (χ0v) is 12.8. The molecule has 1 rings (SSSR count). The number of ether oxygens (including phenoxy) is 1. The molecule has 0 bridgehead atoms. The molecule has 0 fully saturated rings. The Hall–Kier alpha value is -2.47. The summed E-state index contributed by atoms with van der Waals surface area (Å²) in [5, 5.41) is 20.2. The van der Waals surface area contributed by atoms with Crippen molar-refractivity contribution in [3.05, 3.63) is 39.4 Å². The molecule has 0 saturated carbocycles. The molecule has 8 nitrogen and oxygen atoms in total. The summed E-state index contributed by atoms with van der Waals surface area (Å²) in [6, 6.07) is 5.27. The van der Waals surface area contributed by atoms with Crippen LogP contribution in [0.5, 0.6) is 0 Å². The first-order valence-corrected chi connectivity index (χ1v) is 7.61. The number of nitro groups is 1. The van der Waals surface area contributed by atoms with E-state index in [0.717, 1.165) is 6.07 Å². The average Bonchev–Trinajstić information content (AvgIpc) is 2.39. The average molecular weight is 326 g/mol. The molecule has 0 saturated heterocycles. The van der Waals surface area contributed by atoms with Crippen LogP contribution in [0.3, 0.4) is 0 Å². The van der Waals surface area contributed by atoms with Gasteiger partial charge in [0.2, 0.25) is 0 Å². The zero-order valence-electron chi connectivity index (χ0n) is 11.9. The lowest BCUT2D eigenvalue weighted by atomic mass is 9.97. The highest BCUT2D eigenvalue weighted by atomic mass is 32.2. The highest BCUT2D eigenvalue weighted by Gasteiger charge is 2.30. The highest BCUT2D eigenvalue weighted by Crippen LogP contribution is 2.29. The van der Waals surface area contributed by atoms with Crippen LogP contribution in [0.15, 0.2) is 18.2 Å². The number of hydrogen-bond donors (Lipinski definition) is 1. The van der Waals surface area contributed by atoms with E-state index in [4.69, 9.17) is 10.00 Å². The molecule has 0 aromatic heterocycles. The van der Waals surface area contributed by atoms with E-state index in [9.17, 15) is 23.3 Å². The molecule has 0 N–H and O–H groups in total. The summed E-state index contributed by atoms with van der Waals surface area (Å²) in [5.41, 5.74) is -0.398. The van der Waals surface area contributed by atoms with Crippen LogP contribution in [0.2, 0.25) is 0 Å². The second-order valence-electron chi connectivity index (χ2n) is 4.69. The summed E-state index contributed by atoms with van der Waals surface area (Å²) in [5.74, 6) is -2.69. The van der Waals surface area contributed by atoms with Gasteiger partial charge in [0.05, 0.1) is 28.4 Å². The monoisotopic (exact) mass is 326 g/mol. The zero-order chi connectivity index (χ0) is 16.9. The number of nitriles is 1. The Morgan fingerprint density at radius 3 is 2.55 bits per heavy atom. The Bertz CT molecular complexity index is 697. The van der Waals surface area contributed by atoms with Crippen molar-refractivity contribution in [2.45, 2.75) is 31.6 Å². The molecule has 0 radical (unpaired) electrons. The predicted octanol–water partition coefficient (Wildman–Crippen LogP) is 1.26. The number of thiol groups is 1. The third-order valence-electron chi connectivity index (χ3n) is 2.63. The third-order valence-corrected chi connectivity index (χ3v) is 3.25. The Kier molecular flexibility index (Phi) is 6.00. The van der Waals surface area contributed by atoms with E-state index in [0.29, 0.717) is 0 Å². The maximum absolute atomic E-state index is 11.9. The number of carbonyl (C=O) groups is 1. The Morgan fingerprint density at radius 1 is 1.45 bits per heavy atom. The SMILES string of the molecule is CC(C)OC(=O)C(C#N)c1ccc(C[SH](=O)=O)cc1[N+](=O)[O-]. The van der Waals surface area contributed by atoms with E-state index in [-0.39, 0.29) is 16.9 Å². The Morgan fingerprint density at radius 2 is 2.09 bits per heavy atom. The molecule has 118 valence electrons. The number of nitrogens with zero attached hydrogens (tertiary/aromatic N) is 2. The number of nitro benzene ring substituents is 1. The minimum atomic E-state index is -2.74. The van der Waals surface area contributed by atoms with E-state index in [2.05, 4.69) is 0 Å². The van der Waals surface area contributed by atoms with Crippen LogP contribution in [0.4, 0.5) is 5.69 Å². The van der Waals surface area contributed by atoms with E-state index in [1.165, 1.54) is 12.1 Å². The molecule has 1 unspecified atom stereocenters. The van der Waals surface area contributed by atoms with Gasteiger partial charge in [-0.25, -0.2) is 8.42 Å². The molecule has 0 spiro atoms. The molecule has 0 aliphatic heterocycles. The van der Waals surface area contributed by atoms with Gasteiger partial charge in [0.15, 0.2) is 5.92 Å². The van der Waals surface area contributed by atoms with Crippen molar-refractivity contribution >= 4 is 22.4 Å². The molecular formula is C13H14N2O6S. The normalized spacial score (nSPS) is 12.0. The molecular weight excluding hydrogens is 312 g/mol. The van der Waals surface area contributed by atoms with Crippen molar-refractivity contribution in [2.24, 2.45) is 0 Å². The summed E-state index contributed by atoms with van der Waals surface area (Å²) < 4.78 is 26.3. The van der Waals surface area contributed by atoms with Gasteiger partial charge >= 0.3 is 5.97 Å². The smallest absolute Gasteiger partial charge is 0.328 e. The van der Waals surface area contributed by atoms with Crippen molar-refractivity contribution < 1.29 is 22.9 Å². The first-order chi connectivity index (χ1) is 10.3. The van der Waals surface area contributed by atoms with Crippen LogP contribution in [-0.4, -0.2) is 25.4 Å². The van der Waals surface area contributed by atoms with Crippen molar-refractivity contribution in [3.8, 4) is 6.07 Å². The molecule has 1 atom stereocenters. The van der Waals surface area contributed by atoms with Gasteiger partial charge in [-0.2, -0.15) is 5.26 Å². The molecule has 0 aliphatic carbocycles. The second-order valence-corrected chi connectivity index (χ2v) is 5.67. The molecule has 9 heteroatoms. The fraction of sp³-hybridized carbons (Fsp3) is 0.385. The standard InChI is InChI=1S/C13H14N2O6S/c1-8(2)21-13(16)11(6-14)10-4-3-9(7-22(19)20)5-12(10)15(17)18/h3-5,8,11,22H,7H2,1-2H3. The maximum Gasteiger partial charge on any atom is 0.328 e. The molecule has 0 aliphatic rings. The van der Waals surface area contributed by atoms with E-state index in [1.54, 1.807) is 19.9 Å². The van der Waals surface area contributed by atoms with Crippen LogP contribution >= 0.6 is 0 Å². The minimum absolute atomic E-state index is 0.122. The lowest BCUT2D eigenvalue weighted by Crippen LogP contribution is -2.19. The molecule has 0 heterocycles. The lowest BCUT2D eigenvalue weighted by molar-refractivity contribution is -0.385. The summed E-state index contributed by atoms with van der Waals surface area (Å²) in [4.78, 5) is 22.2. The highest BCUT2D eigenvalue weighted by molar-refractivity contribution is 7.71. The van der Waals surface area contributed by atoms with Gasteiger partial charge < -0.3 is 4.74 Å². The van der Waals surface area contributed by atoms with Gasteiger partial charge in [-0.3, -0.25) is 14.9 Å². The molecule has 1 aromatic carbocycles. The number of benzene rings is 1. The predicted molar refractivity (Wildman–Crippen MR) is 76.7 cm³/mol. The largest absolute Gasteiger partial charge is 0.462 e. The summed E-state index contributed by atoms with van der Waals surface area (Å²) in [7, 11) is -2.74. The lowest BCUT2D eigenvalue weighted by Gasteiger charge is -2.13. The minimum Gasteiger partial charge on any atom is -0.462 e. The van der Waals surface area contributed by atoms with E-state index >= 15 is 0 Å². The molecule has 22 heavy (non-hydrogen) atoms. The van der Waals surface area contributed by atoms with Crippen molar-refractivity contribution in [1.29, 1.82) is 5.26 Å². The van der Waals surface area contributed by atoms with Crippen molar-refractivity contribution in [1.82, 2.24) is 0 Å². The topological polar surface area (TPSA) is 127 Å². The Labute approximate surface area is 128 Å². The Balaban J connectivity index is 3.29. The number of hydrogen-bond acceptors (Lipinski definition) is 7. The number of esters is 1. The van der Waals surface area contributed by atoms with Gasteiger partial charge in [-0.15, -0.1) is 0 Å². The van der Waals surface area contributed by atoms with Crippen molar-refractivity contribution in [2.75, 3.05) is 0 Å². The van der Waals surface area contributed by atoms with Gasteiger partial charge in [-0.05, 0) is 25.5 Å². The second kappa shape index (κ2) is 7.51. The van der Waals surface area contributed by atoms with Crippen LogP contribution in [0, 0.1) is 21.4 Å². The maximum atomic E-state index is 11.9.